The molecule has 1 amide bonds. The minimum Gasteiger partial charge on any atom is -0.329 e. The first kappa shape index (κ1) is 18.6. The second-order valence-electron chi connectivity index (χ2n) is 7.14. The molecule has 0 fully saturated rings. The molecule has 0 aliphatic carbocycles. The van der Waals surface area contributed by atoms with Gasteiger partial charge in [0, 0.05) is 24.2 Å². The molecular formula is C20H25N3O2. The Balaban J connectivity index is 2.38. The molecule has 0 aliphatic heterocycles. The van der Waals surface area contributed by atoms with Crippen LogP contribution in [0.2, 0.25) is 0 Å². The molecule has 0 radical (unpaired) electrons. The maximum atomic E-state index is 12.9. The lowest BCUT2D eigenvalue weighted by molar-refractivity contribution is 0.0755. The number of hydrogen-bond acceptors (Lipinski definition) is 3. The van der Waals surface area contributed by atoms with Crippen molar-refractivity contribution < 1.29 is 4.79 Å². The van der Waals surface area contributed by atoms with E-state index in [-0.39, 0.29) is 17.0 Å². The fourth-order valence-corrected chi connectivity index (χ4v) is 2.50. The number of carbonyl (C=O) groups is 1. The van der Waals surface area contributed by atoms with Crippen LogP contribution in [0, 0.1) is 6.92 Å². The molecule has 1 heterocycles. The second kappa shape index (κ2) is 7.47. The van der Waals surface area contributed by atoms with Crippen molar-refractivity contribution in [3.63, 3.8) is 0 Å². The number of aromatic nitrogens is 2. The van der Waals surface area contributed by atoms with Gasteiger partial charge in [0.25, 0.3) is 5.91 Å². The minimum atomic E-state index is -0.509. The molecule has 2 rings (SSSR count). The molecule has 1 aromatic heterocycles. The molecule has 0 bridgehead atoms. The Morgan fingerprint density at radius 3 is 2.60 bits per heavy atom. The molecule has 0 spiro atoms. The summed E-state index contributed by atoms with van der Waals surface area (Å²) in [5.74, 6) is -0.278. The molecule has 0 aliphatic rings. The third-order valence-corrected chi connectivity index (χ3v) is 4.03. The first-order chi connectivity index (χ1) is 11.7. The Kier molecular flexibility index (Phi) is 5.57. The smallest absolute Gasteiger partial charge is 0.329 e. The average molecular weight is 339 g/mol. The Morgan fingerprint density at radius 1 is 1.32 bits per heavy atom. The predicted molar refractivity (Wildman–Crippen MR) is 99.7 cm³/mol. The van der Waals surface area contributed by atoms with Crippen LogP contribution in [0.25, 0.3) is 0 Å². The van der Waals surface area contributed by atoms with Crippen LogP contribution < -0.4 is 5.69 Å². The molecule has 25 heavy (non-hydrogen) atoms. The number of nitrogens with one attached hydrogen (secondary N) is 1. The van der Waals surface area contributed by atoms with Gasteiger partial charge in [-0.15, -0.1) is 6.58 Å². The van der Waals surface area contributed by atoms with E-state index in [2.05, 4.69) is 16.5 Å². The molecule has 132 valence electrons. The summed E-state index contributed by atoms with van der Waals surface area (Å²) in [5.41, 5.74) is 2.22. The number of carbonyl (C=O) groups excluding carboxylic acids is 1. The van der Waals surface area contributed by atoms with Crippen molar-refractivity contribution >= 4 is 5.91 Å². The highest BCUT2D eigenvalue weighted by Crippen LogP contribution is 2.20. The Morgan fingerprint density at radius 2 is 2.00 bits per heavy atom. The van der Waals surface area contributed by atoms with E-state index in [1.54, 1.807) is 17.0 Å². The molecule has 5 heteroatoms. The van der Waals surface area contributed by atoms with Gasteiger partial charge in [0.05, 0.1) is 0 Å². The maximum absolute atomic E-state index is 12.9. The summed E-state index contributed by atoms with van der Waals surface area (Å²) in [6, 6.07) is 9.58. The molecule has 0 unspecified atom stereocenters. The highest BCUT2D eigenvalue weighted by molar-refractivity contribution is 5.92. The fourth-order valence-electron chi connectivity index (χ4n) is 2.50. The van der Waals surface area contributed by atoms with E-state index in [9.17, 15) is 9.59 Å². The van der Waals surface area contributed by atoms with Gasteiger partial charge >= 0.3 is 5.69 Å². The zero-order valence-electron chi connectivity index (χ0n) is 15.3. The molecule has 0 atom stereocenters. The van der Waals surface area contributed by atoms with Gasteiger partial charge < -0.3 is 9.88 Å². The van der Waals surface area contributed by atoms with Crippen molar-refractivity contribution in [1.29, 1.82) is 0 Å². The van der Waals surface area contributed by atoms with Gasteiger partial charge in [-0.1, -0.05) is 51.1 Å². The predicted octanol–water partition coefficient (Wildman–Crippen LogP) is 3.20. The summed E-state index contributed by atoms with van der Waals surface area (Å²) in [5, 5.41) is 0. The number of aryl methyl sites for hydroxylation is 1. The van der Waals surface area contributed by atoms with Crippen LogP contribution in [-0.2, 0) is 12.0 Å². The third kappa shape index (κ3) is 4.66. The third-order valence-electron chi connectivity index (χ3n) is 4.03. The number of amides is 1. The minimum absolute atomic E-state index is 0.157. The van der Waals surface area contributed by atoms with Gasteiger partial charge in [0.2, 0.25) is 0 Å². The first-order valence-corrected chi connectivity index (χ1v) is 8.29. The summed E-state index contributed by atoms with van der Waals surface area (Å²) in [6.07, 6.45) is 1.67. The highest BCUT2D eigenvalue weighted by atomic mass is 16.2. The summed E-state index contributed by atoms with van der Waals surface area (Å²) < 4.78 is 0. The number of benzene rings is 1. The monoisotopic (exact) mass is 339 g/mol. The lowest BCUT2D eigenvalue weighted by atomic mass is 9.91. The number of aromatic amines is 1. The normalized spacial score (nSPS) is 11.2. The number of hydrogen-bond donors (Lipinski definition) is 1. The largest absolute Gasteiger partial charge is 0.345 e. The van der Waals surface area contributed by atoms with Gasteiger partial charge in [-0.3, -0.25) is 4.79 Å². The molecule has 2 aromatic rings. The zero-order valence-corrected chi connectivity index (χ0v) is 15.3. The van der Waals surface area contributed by atoms with Gasteiger partial charge in [0.15, 0.2) is 0 Å². The second-order valence-corrected chi connectivity index (χ2v) is 7.14. The van der Waals surface area contributed by atoms with Crippen molar-refractivity contribution in [3.8, 4) is 0 Å². The van der Waals surface area contributed by atoms with Crippen LogP contribution in [-0.4, -0.2) is 27.3 Å². The van der Waals surface area contributed by atoms with Crippen molar-refractivity contribution in [2.75, 3.05) is 6.54 Å². The van der Waals surface area contributed by atoms with Crippen LogP contribution >= 0.6 is 0 Å². The van der Waals surface area contributed by atoms with E-state index in [1.165, 1.54) is 0 Å². The lowest BCUT2D eigenvalue weighted by Gasteiger charge is -2.23. The van der Waals surface area contributed by atoms with E-state index in [4.69, 9.17) is 0 Å². The van der Waals surface area contributed by atoms with Crippen molar-refractivity contribution in [3.05, 3.63) is 76.0 Å². The van der Waals surface area contributed by atoms with Crippen LogP contribution in [0.1, 0.15) is 48.1 Å². The van der Waals surface area contributed by atoms with Gasteiger partial charge in [0.1, 0.15) is 5.69 Å². The zero-order chi connectivity index (χ0) is 18.6. The molecule has 1 N–H and O–H groups in total. The lowest BCUT2D eigenvalue weighted by Crippen LogP contribution is -2.34. The maximum Gasteiger partial charge on any atom is 0.345 e. The average Bonchev–Trinajstić information content (AvgIpc) is 2.54. The number of H-pyrrole nitrogens is 1. The summed E-state index contributed by atoms with van der Waals surface area (Å²) in [7, 11) is 0. The van der Waals surface area contributed by atoms with Gasteiger partial charge in [-0.25, -0.2) is 4.79 Å². The Labute approximate surface area is 148 Å². The quantitative estimate of drug-likeness (QED) is 0.851. The van der Waals surface area contributed by atoms with Crippen LogP contribution in [0.15, 0.2) is 47.8 Å². The SMILES string of the molecule is C=CCN(Cc1ccccc1C)C(=O)c1cc(C(C)(C)C)[nH]c(=O)n1. The van der Waals surface area contributed by atoms with E-state index < -0.39 is 5.69 Å². The molecule has 1 aromatic carbocycles. The summed E-state index contributed by atoms with van der Waals surface area (Å²) in [4.78, 5) is 33.1. The van der Waals surface area contributed by atoms with Gasteiger partial charge in [-0.05, 0) is 24.1 Å². The molecule has 0 saturated carbocycles. The fraction of sp³-hybridized carbons (Fsp3) is 0.350. The Bertz CT molecular complexity index is 831. The van der Waals surface area contributed by atoms with Crippen molar-refractivity contribution in [1.82, 2.24) is 14.9 Å². The van der Waals surface area contributed by atoms with Gasteiger partial charge in [-0.2, -0.15) is 4.98 Å². The van der Waals surface area contributed by atoms with Crippen molar-refractivity contribution in [2.24, 2.45) is 0 Å². The van der Waals surface area contributed by atoms with E-state index >= 15 is 0 Å². The standard InChI is InChI=1S/C20H25N3O2/c1-6-11-23(13-15-10-8-7-9-14(15)2)18(24)16-12-17(20(3,4)5)22-19(25)21-16/h6-10,12H,1,11,13H2,2-5H3,(H,21,22,25). The molecule has 5 nitrogen and oxygen atoms in total. The highest BCUT2D eigenvalue weighted by Gasteiger charge is 2.22. The van der Waals surface area contributed by atoms with E-state index in [0.29, 0.717) is 18.8 Å². The summed E-state index contributed by atoms with van der Waals surface area (Å²) in [6.45, 7) is 12.5. The number of nitrogens with zero attached hydrogens (tertiary/aromatic N) is 2. The van der Waals surface area contributed by atoms with Crippen LogP contribution in [0.3, 0.4) is 0 Å². The van der Waals surface area contributed by atoms with Crippen LogP contribution in [0.5, 0.6) is 0 Å². The van der Waals surface area contributed by atoms with Crippen LogP contribution in [0.4, 0.5) is 0 Å². The first-order valence-electron chi connectivity index (χ1n) is 8.29. The van der Waals surface area contributed by atoms with Crippen molar-refractivity contribution in [2.45, 2.75) is 39.7 Å². The number of rotatable bonds is 5. The topological polar surface area (TPSA) is 66.1 Å². The summed E-state index contributed by atoms with van der Waals surface area (Å²) >= 11 is 0. The Hall–Kier alpha value is -2.69. The van der Waals surface area contributed by atoms with E-state index in [1.807, 2.05) is 52.0 Å². The van der Waals surface area contributed by atoms with E-state index in [0.717, 1.165) is 11.1 Å². The molecular weight excluding hydrogens is 314 g/mol. The molecule has 0 saturated heterocycles.